The minimum absolute atomic E-state index is 0. The first-order valence-corrected chi connectivity index (χ1v) is 5.13. The Kier molecular flexibility index (Phi) is 4.66. The van der Waals surface area contributed by atoms with E-state index in [9.17, 15) is 8.78 Å². The van der Waals surface area contributed by atoms with Gasteiger partial charge >= 0.3 is 6.55 Å². The standard InChI is InChI=1S/C10H13F2N5.ClH/c1-7-5-9(16(2)15-7)13-6-8-3-4-14-17(8)10(11)12;/h3-5,10,13H,6H2,1-2H3;1H. The molecule has 0 saturated carbocycles. The molecule has 0 radical (unpaired) electrons. The quantitative estimate of drug-likeness (QED) is 0.933. The fraction of sp³-hybridized carbons (Fsp3) is 0.400. The molecule has 0 saturated heterocycles. The lowest BCUT2D eigenvalue weighted by molar-refractivity contribution is 0.0537. The normalized spacial score (nSPS) is 10.5. The smallest absolute Gasteiger partial charge is 0.333 e. The van der Waals surface area contributed by atoms with Crippen molar-refractivity contribution in [3.05, 3.63) is 29.7 Å². The number of aromatic nitrogens is 4. The van der Waals surface area contributed by atoms with Gasteiger partial charge in [0.05, 0.1) is 17.9 Å². The van der Waals surface area contributed by atoms with Gasteiger partial charge in [0.15, 0.2) is 0 Å². The summed E-state index contributed by atoms with van der Waals surface area (Å²) in [5, 5.41) is 10.7. The van der Waals surface area contributed by atoms with Gasteiger partial charge in [-0.1, -0.05) is 0 Å². The molecule has 2 aromatic heterocycles. The Balaban J connectivity index is 0.00000162. The van der Waals surface area contributed by atoms with Crippen LogP contribution in [0.2, 0.25) is 0 Å². The van der Waals surface area contributed by atoms with Gasteiger partial charge in [-0.15, -0.1) is 12.4 Å². The van der Waals surface area contributed by atoms with E-state index in [2.05, 4.69) is 15.5 Å². The Bertz CT molecular complexity index is 508. The van der Waals surface area contributed by atoms with Gasteiger partial charge in [0.1, 0.15) is 5.82 Å². The predicted octanol–water partition coefficient (Wildman–Crippen LogP) is 2.35. The SMILES string of the molecule is Cc1cc(NCc2ccnn2C(F)F)n(C)n1.Cl. The number of alkyl halides is 2. The van der Waals surface area contributed by atoms with Crippen molar-refractivity contribution in [2.24, 2.45) is 7.05 Å². The van der Waals surface area contributed by atoms with Gasteiger partial charge in [-0.25, -0.2) is 4.68 Å². The average Bonchev–Trinajstić information content (AvgIpc) is 2.82. The van der Waals surface area contributed by atoms with Crippen molar-refractivity contribution in [1.82, 2.24) is 19.6 Å². The number of hydrogen-bond acceptors (Lipinski definition) is 3. The highest BCUT2D eigenvalue weighted by molar-refractivity contribution is 5.85. The number of halogens is 3. The second kappa shape index (κ2) is 5.81. The number of aryl methyl sites for hydroxylation is 2. The van der Waals surface area contributed by atoms with Crippen LogP contribution in [-0.2, 0) is 13.6 Å². The fourth-order valence-electron chi connectivity index (χ4n) is 1.61. The molecule has 0 aliphatic carbocycles. The summed E-state index contributed by atoms with van der Waals surface area (Å²) in [4.78, 5) is 0. The molecule has 2 aromatic rings. The van der Waals surface area contributed by atoms with E-state index in [1.807, 2.05) is 13.0 Å². The van der Waals surface area contributed by atoms with Crippen molar-refractivity contribution in [3.8, 4) is 0 Å². The third kappa shape index (κ3) is 2.98. The van der Waals surface area contributed by atoms with Crippen LogP contribution in [0.25, 0.3) is 0 Å². The van der Waals surface area contributed by atoms with Gasteiger partial charge in [0.2, 0.25) is 0 Å². The van der Waals surface area contributed by atoms with Crippen LogP contribution in [0, 0.1) is 6.92 Å². The first-order valence-electron chi connectivity index (χ1n) is 5.13. The van der Waals surface area contributed by atoms with Crippen LogP contribution in [0.5, 0.6) is 0 Å². The van der Waals surface area contributed by atoms with Crippen LogP contribution >= 0.6 is 12.4 Å². The summed E-state index contributed by atoms with van der Waals surface area (Å²) < 4.78 is 27.4. The molecular weight excluding hydrogens is 264 g/mol. The van der Waals surface area contributed by atoms with Crippen LogP contribution in [-0.4, -0.2) is 19.6 Å². The van der Waals surface area contributed by atoms with Crippen molar-refractivity contribution in [1.29, 1.82) is 0 Å². The van der Waals surface area contributed by atoms with Crippen molar-refractivity contribution < 1.29 is 8.78 Å². The molecule has 0 atom stereocenters. The number of nitrogens with zero attached hydrogens (tertiary/aromatic N) is 4. The predicted molar refractivity (Wildman–Crippen MR) is 66.0 cm³/mol. The molecule has 100 valence electrons. The van der Waals surface area contributed by atoms with E-state index in [-0.39, 0.29) is 19.0 Å². The summed E-state index contributed by atoms with van der Waals surface area (Å²) >= 11 is 0. The minimum Gasteiger partial charge on any atom is -0.365 e. The van der Waals surface area contributed by atoms with Crippen molar-refractivity contribution in [3.63, 3.8) is 0 Å². The lowest BCUT2D eigenvalue weighted by Crippen LogP contribution is -2.11. The molecule has 5 nitrogen and oxygen atoms in total. The highest BCUT2D eigenvalue weighted by Gasteiger charge is 2.11. The molecule has 0 aliphatic rings. The van der Waals surface area contributed by atoms with E-state index in [0.29, 0.717) is 10.4 Å². The Morgan fingerprint density at radius 3 is 2.72 bits per heavy atom. The first-order chi connectivity index (χ1) is 8.08. The van der Waals surface area contributed by atoms with Crippen LogP contribution in [0.1, 0.15) is 17.9 Å². The molecule has 0 unspecified atom stereocenters. The Labute approximate surface area is 109 Å². The van der Waals surface area contributed by atoms with E-state index >= 15 is 0 Å². The third-order valence-electron chi connectivity index (χ3n) is 2.39. The van der Waals surface area contributed by atoms with Gasteiger partial charge in [0, 0.05) is 19.3 Å². The number of hydrogen-bond donors (Lipinski definition) is 1. The Morgan fingerprint density at radius 1 is 1.44 bits per heavy atom. The monoisotopic (exact) mass is 277 g/mol. The average molecular weight is 278 g/mol. The van der Waals surface area contributed by atoms with Crippen molar-refractivity contribution >= 4 is 18.2 Å². The van der Waals surface area contributed by atoms with Crippen LogP contribution < -0.4 is 5.32 Å². The molecule has 18 heavy (non-hydrogen) atoms. The first kappa shape index (κ1) is 14.4. The lowest BCUT2D eigenvalue weighted by Gasteiger charge is -2.08. The largest absolute Gasteiger partial charge is 0.365 e. The number of anilines is 1. The van der Waals surface area contributed by atoms with Crippen LogP contribution in [0.3, 0.4) is 0 Å². The maximum Gasteiger partial charge on any atom is 0.333 e. The molecule has 0 bridgehead atoms. The molecular formula is C10H14ClF2N5. The molecule has 0 spiro atoms. The Morgan fingerprint density at radius 2 is 2.17 bits per heavy atom. The van der Waals surface area contributed by atoms with E-state index in [1.54, 1.807) is 17.8 Å². The third-order valence-corrected chi connectivity index (χ3v) is 2.39. The van der Waals surface area contributed by atoms with E-state index < -0.39 is 6.55 Å². The topological polar surface area (TPSA) is 47.7 Å². The summed E-state index contributed by atoms with van der Waals surface area (Å²) in [6.45, 7) is -0.465. The Hall–Kier alpha value is -1.63. The molecule has 0 fully saturated rings. The molecule has 2 rings (SSSR count). The van der Waals surface area contributed by atoms with E-state index in [1.165, 1.54) is 6.20 Å². The van der Waals surface area contributed by atoms with Gasteiger partial charge in [0.25, 0.3) is 0 Å². The second-order valence-corrected chi connectivity index (χ2v) is 3.69. The zero-order valence-corrected chi connectivity index (χ0v) is 10.8. The lowest BCUT2D eigenvalue weighted by atomic mass is 10.4. The zero-order valence-electron chi connectivity index (χ0n) is 9.97. The highest BCUT2D eigenvalue weighted by Crippen LogP contribution is 2.14. The van der Waals surface area contributed by atoms with Crippen molar-refractivity contribution in [2.45, 2.75) is 20.0 Å². The summed E-state index contributed by atoms with van der Waals surface area (Å²) in [5.74, 6) is 0.782. The van der Waals surface area contributed by atoms with E-state index in [0.717, 1.165) is 11.5 Å². The second-order valence-electron chi connectivity index (χ2n) is 3.69. The number of nitrogens with one attached hydrogen (secondary N) is 1. The zero-order chi connectivity index (χ0) is 12.4. The number of rotatable bonds is 4. The summed E-state index contributed by atoms with van der Waals surface area (Å²) in [6.07, 6.45) is 1.36. The molecule has 8 heteroatoms. The molecule has 0 aliphatic heterocycles. The minimum atomic E-state index is -2.62. The van der Waals surface area contributed by atoms with Gasteiger partial charge in [-0.3, -0.25) is 4.68 Å². The maximum atomic E-state index is 12.5. The summed E-state index contributed by atoms with van der Waals surface area (Å²) in [6, 6.07) is 3.41. The van der Waals surface area contributed by atoms with Gasteiger partial charge in [-0.2, -0.15) is 19.0 Å². The molecule has 0 amide bonds. The van der Waals surface area contributed by atoms with E-state index in [4.69, 9.17) is 0 Å². The molecule has 2 heterocycles. The summed E-state index contributed by atoms with van der Waals surface area (Å²) in [5.41, 5.74) is 1.30. The molecule has 1 N–H and O–H groups in total. The van der Waals surface area contributed by atoms with Crippen LogP contribution in [0.15, 0.2) is 18.3 Å². The summed E-state index contributed by atoms with van der Waals surface area (Å²) in [7, 11) is 1.79. The highest BCUT2D eigenvalue weighted by atomic mass is 35.5. The fourth-order valence-corrected chi connectivity index (χ4v) is 1.61. The maximum absolute atomic E-state index is 12.5. The van der Waals surface area contributed by atoms with Crippen molar-refractivity contribution in [2.75, 3.05) is 5.32 Å². The molecule has 0 aromatic carbocycles. The van der Waals surface area contributed by atoms with Gasteiger partial charge in [-0.05, 0) is 13.0 Å². The van der Waals surface area contributed by atoms with Crippen LogP contribution in [0.4, 0.5) is 14.6 Å². The van der Waals surface area contributed by atoms with Gasteiger partial charge < -0.3 is 5.32 Å².